The van der Waals surface area contributed by atoms with Crippen LogP contribution in [-0.4, -0.2) is 5.78 Å². The first-order chi connectivity index (χ1) is 5.49. The van der Waals surface area contributed by atoms with Crippen LogP contribution in [-0.2, 0) is 4.79 Å². The van der Waals surface area contributed by atoms with Gasteiger partial charge in [0.05, 0.1) is 0 Å². The van der Waals surface area contributed by atoms with Gasteiger partial charge in [-0.15, -0.1) is 0 Å². The number of fused-ring (bicyclic) bond motifs is 1. The highest BCUT2D eigenvalue weighted by atomic mass is 16.1. The Morgan fingerprint density at radius 3 is 2.50 bits per heavy atom. The molecule has 0 bridgehead atoms. The van der Waals surface area contributed by atoms with Crippen LogP contribution < -0.4 is 0 Å². The second kappa shape index (κ2) is 2.21. The van der Waals surface area contributed by atoms with Crippen molar-refractivity contribution in [2.45, 2.75) is 33.6 Å². The van der Waals surface area contributed by atoms with E-state index in [-0.39, 0.29) is 0 Å². The zero-order chi connectivity index (χ0) is 8.93. The van der Waals surface area contributed by atoms with Crippen LogP contribution in [0.5, 0.6) is 0 Å². The van der Waals surface area contributed by atoms with E-state index in [9.17, 15) is 4.79 Å². The Bertz CT molecular complexity index is 260. The number of carbonyl (C=O) groups is 1. The van der Waals surface area contributed by atoms with Crippen LogP contribution in [0.25, 0.3) is 0 Å². The molecule has 2 aliphatic carbocycles. The number of allylic oxidation sites excluding steroid dienone is 2. The molecule has 0 spiro atoms. The summed E-state index contributed by atoms with van der Waals surface area (Å²) in [6.45, 7) is 6.64. The lowest BCUT2D eigenvalue weighted by atomic mass is 9.88. The molecule has 0 heterocycles. The van der Waals surface area contributed by atoms with Crippen LogP contribution in [0.1, 0.15) is 33.6 Å². The van der Waals surface area contributed by atoms with E-state index in [0.717, 1.165) is 6.42 Å². The van der Waals surface area contributed by atoms with Crippen molar-refractivity contribution in [3.05, 3.63) is 11.6 Å². The van der Waals surface area contributed by atoms with Crippen molar-refractivity contribution in [1.29, 1.82) is 0 Å². The van der Waals surface area contributed by atoms with Gasteiger partial charge in [0.1, 0.15) is 0 Å². The first-order valence-electron chi connectivity index (χ1n) is 4.72. The summed E-state index contributed by atoms with van der Waals surface area (Å²) in [5, 5.41) is 0. The maximum absolute atomic E-state index is 11.5. The predicted molar refractivity (Wildman–Crippen MR) is 48.8 cm³/mol. The molecule has 2 atom stereocenters. The second-order valence-corrected chi connectivity index (χ2v) is 5.08. The summed E-state index contributed by atoms with van der Waals surface area (Å²) >= 11 is 0. The lowest BCUT2D eigenvalue weighted by Gasteiger charge is -2.17. The minimum atomic E-state index is 0.333. The molecule has 1 saturated carbocycles. The molecule has 0 aliphatic heterocycles. The van der Waals surface area contributed by atoms with Gasteiger partial charge in [-0.05, 0) is 37.2 Å². The summed E-state index contributed by atoms with van der Waals surface area (Å²) in [4.78, 5) is 11.5. The Labute approximate surface area is 73.8 Å². The molecule has 1 nitrogen and oxygen atoms in total. The van der Waals surface area contributed by atoms with Gasteiger partial charge in [-0.2, -0.15) is 0 Å². The number of ketones is 1. The average Bonchev–Trinajstić information content (AvgIpc) is 2.34. The summed E-state index contributed by atoms with van der Waals surface area (Å²) in [6.07, 6.45) is 4.14. The molecule has 0 unspecified atom stereocenters. The first kappa shape index (κ1) is 8.03. The maximum atomic E-state index is 11.5. The van der Waals surface area contributed by atoms with Gasteiger partial charge in [-0.25, -0.2) is 0 Å². The van der Waals surface area contributed by atoms with E-state index in [4.69, 9.17) is 0 Å². The molecule has 0 radical (unpaired) electrons. The first-order valence-corrected chi connectivity index (χ1v) is 4.72. The fourth-order valence-corrected chi connectivity index (χ4v) is 2.77. The van der Waals surface area contributed by atoms with Crippen molar-refractivity contribution in [2.75, 3.05) is 0 Å². The van der Waals surface area contributed by atoms with Crippen molar-refractivity contribution in [3.8, 4) is 0 Å². The summed E-state index contributed by atoms with van der Waals surface area (Å²) in [5.41, 5.74) is 1.70. The van der Waals surface area contributed by atoms with Gasteiger partial charge < -0.3 is 0 Å². The van der Waals surface area contributed by atoms with Gasteiger partial charge in [0.25, 0.3) is 0 Å². The molecule has 2 aliphatic rings. The van der Waals surface area contributed by atoms with Gasteiger partial charge in [0, 0.05) is 5.92 Å². The highest BCUT2D eigenvalue weighted by Gasteiger charge is 2.45. The van der Waals surface area contributed by atoms with Crippen LogP contribution in [0.3, 0.4) is 0 Å². The third kappa shape index (κ3) is 1.03. The molecular weight excluding hydrogens is 148 g/mol. The number of hydrogen-bond donors (Lipinski definition) is 0. The Morgan fingerprint density at radius 1 is 1.33 bits per heavy atom. The molecular formula is C11H16O. The quantitative estimate of drug-likeness (QED) is 0.537. The van der Waals surface area contributed by atoms with Crippen LogP contribution in [0, 0.1) is 17.3 Å². The summed E-state index contributed by atoms with van der Waals surface area (Å²) in [5.74, 6) is 1.29. The van der Waals surface area contributed by atoms with E-state index < -0.39 is 0 Å². The highest BCUT2D eigenvalue weighted by Crippen LogP contribution is 2.51. The summed E-state index contributed by atoms with van der Waals surface area (Å²) in [7, 11) is 0. The van der Waals surface area contributed by atoms with E-state index in [2.05, 4.69) is 20.8 Å². The zero-order valence-corrected chi connectivity index (χ0v) is 8.05. The highest BCUT2D eigenvalue weighted by molar-refractivity contribution is 5.96. The standard InChI is InChI=1S/C11H16O/c1-7-4-10(12)9-6-11(2,3)5-8(7)9/h4,8-9H,5-6H2,1-3H3/t8-,9-/m0/s1. The summed E-state index contributed by atoms with van der Waals surface area (Å²) in [6, 6.07) is 0. The lowest BCUT2D eigenvalue weighted by Crippen LogP contribution is -2.10. The molecule has 2 rings (SSSR count). The number of hydrogen-bond acceptors (Lipinski definition) is 1. The zero-order valence-electron chi connectivity index (χ0n) is 8.05. The third-order valence-electron chi connectivity index (χ3n) is 3.35. The van der Waals surface area contributed by atoms with Gasteiger partial charge in [-0.3, -0.25) is 4.79 Å². The molecule has 0 N–H and O–H groups in total. The fraction of sp³-hybridized carbons (Fsp3) is 0.727. The van der Waals surface area contributed by atoms with Crippen molar-refractivity contribution in [1.82, 2.24) is 0 Å². The molecule has 0 aromatic rings. The van der Waals surface area contributed by atoms with Gasteiger partial charge >= 0.3 is 0 Å². The van der Waals surface area contributed by atoms with E-state index >= 15 is 0 Å². The topological polar surface area (TPSA) is 17.1 Å². The average molecular weight is 164 g/mol. The van der Waals surface area contributed by atoms with Crippen molar-refractivity contribution >= 4 is 5.78 Å². The number of carbonyl (C=O) groups excluding carboxylic acids is 1. The lowest BCUT2D eigenvalue weighted by molar-refractivity contribution is -0.118. The van der Waals surface area contributed by atoms with Gasteiger partial charge in [0.15, 0.2) is 5.78 Å². The Kier molecular flexibility index (Phi) is 1.48. The molecule has 1 fully saturated rings. The second-order valence-electron chi connectivity index (χ2n) is 5.08. The minimum absolute atomic E-state index is 0.333. The van der Waals surface area contributed by atoms with Crippen molar-refractivity contribution < 1.29 is 4.79 Å². The number of rotatable bonds is 0. The molecule has 66 valence electrons. The van der Waals surface area contributed by atoms with Crippen LogP contribution in [0.2, 0.25) is 0 Å². The maximum Gasteiger partial charge on any atom is 0.159 e. The SMILES string of the molecule is CC1=CC(=O)[C@H]2CC(C)(C)C[C@@H]12. The molecule has 0 saturated heterocycles. The van der Waals surface area contributed by atoms with Crippen molar-refractivity contribution in [2.24, 2.45) is 17.3 Å². The Hall–Kier alpha value is -0.590. The Morgan fingerprint density at radius 2 is 1.92 bits per heavy atom. The van der Waals surface area contributed by atoms with E-state index in [1.807, 2.05) is 6.08 Å². The summed E-state index contributed by atoms with van der Waals surface area (Å²) < 4.78 is 0. The third-order valence-corrected chi connectivity index (χ3v) is 3.35. The predicted octanol–water partition coefficient (Wildman–Crippen LogP) is 2.57. The normalized spacial score (nSPS) is 38.2. The largest absolute Gasteiger partial charge is 0.295 e. The van der Waals surface area contributed by atoms with Crippen molar-refractivity contribution in [3.63, 3.8) is 0 Å². The molecule has 12 heavy (non-hydrogen) atoms. The molecule has 0 aromatic heterocycles. The van der Waals surface area contributed by atoms with Gasteiger partial charge in [0.2, 0.25) is 0 Å². The fourth-order valence-electron chi connectivity index (χ4n) is 2.77. The molecule has 0 aromatic carbocycles. The van der Waals surface area contributed by atoms with E-state index in [0.29, 0.717) is 23.0 Å². The monoisotopic (exact) mass is 164 g/mol. The van der Waals surface area contributed by atoms with E-state index in [1.54, 1.807) is 0 Å². The van der Waals surface area contributed by atoms with E-state index in [1.165, 1.54) is 12.0 Å². The minimum Gasteiger partial charge on any atom is -0.295 e. The smallest absolute Gasteiger partial charge is 0.159 e. The molecule has 0 amide bonds. The van der Waals surface area contributed by atoms with Crippen LogP contribution >= 0.6 is 0 Å². The van der Waals surface area contributed by atoms with Crippen LogP contribution in [0.15, 0.2) is 11.6 Å². The van der Waals surface area contributed by atoms with Crippen LogP contribution in [0.4, 0.5) is 0 Å². The molecule has 1 heteroatoms. The van der Waals surface area contributed by atoms with Gasteiger partial charge in [-0.1, -0.05) is 19.4 Å². The Balaban J connectivity index is 2.27.